The van der Waals surface area contributed by atoms with Crippen LogP contribution in [-0.2, 0) is 6.18 Å². The summed E-state index contributed by atoms with van der Waals surface area (Å²) in [6.07, 6.45) is -3.40. The van der Waals surface area contributed by atoms with Crippen molar-refractivity contribution >= 4 is 0 Å². The Hall–Kier alpha value is -1.07. The van der Waals surface area contributed by atoms with Gasteiger partial charge in [-0.1, -0.05) is 26.0 Å². The van der Waals surface area contributed by atoms with Crippen molar-refractivity contribution < 1.29 is 18.3 Å². The van der Waals surface area contributed by atoms with E-state index < -0.39 is 17.8 Å². The van der Waals surface area contributed by atoms with Crippen LogP contribution in [0.1, 0.15) is 43.9 Å². The highest BCUT2D eigenvalue weighted by Gasteiger charge is 2.31. The van der Waals surface area contributed by atoms with E-state index in [9.17, 15) is 18.3 Å². The van der Waals surface area contributed by atoms with Crippen molar-refractivity contribution in [1.82, 2.24) is 4.90 Å². The topological polar surface area (TPSA) is 23.5 Å². The van der Waals surface area contributed by atoms with Crippen molar-refractivity contribution in [3.05, 3.63) is 35.4 Å². The summed E-state index contributed by atoms with van der Waals surface area (Å²) >= 11 is 0. The van der Waals surface area contributed by atoms with Crippen LogP contribution in [0.2, 0.25) is 0 Å². The van der Waals surface area contributed by atoms with Gasteiger partial charge in [0.1, 0.15) is 0 Å². The third-order valence-electron chi connectivity index (χ3n) is 3.63. The number of rotatable bonds is 6. The van der Waals surface area contributed by atoms with Crippen molar-refractivity contribution in [2.24, 2.45) is 0 Å². The number of aliphatic hydroxyl groups is 1. The lowest BCUT2D eigenvalue weighted by molar-refractivity contribution is -0.137. The van der Waals surface area contributed by atoms with Crippen LogP contribution in [0.25, 0.3) is 0 Å². The summed E-state index contributed by atoms with van der Waals surface area (Å²) in [4.78, 5) is 1.99. The van der Waals surface area contributed by atoms with Gasteiger partial charge in [0.05, 0.1) is 11.7 Å². The van der Waals surface area contributed by atoms with E-state index >= 15 is 0 Å². The number of nitrogens with zero attached hydrogens (tertiary/aromatic N) is 1. The van der Waals surface area contributed by atoms with Crippen LogP contribution in [0.3, 0.4) is 0 Å². The Morgan fingerprint density at radius 2 is 1.80 bits per heavy atom. The van der Waals surface area contributed by atoms with Gasteiger partial charge in [-0.15, -0.1) is 0 Å². The lowest BCUT2D eigenvalue weighted by Crippen LogP contribution is -2.34. The third kappa shape index (κ3) is 4.49. The highest BCUT2D eigenvalue weighted by atomic mass is 19.4. The Kier molecular flexibility index (Phi) is 6.02. The van der Waals surface area contributed by atoms with E-state index in [0.29, 0.717) is 18.2 Å². The molecule has 0 aromatic heterocycles. The lowest BCUT2D eigenvalue weighted by atomic mass is 10.0. The molecule has 1 aromatic carbocycles. The quantitative estimate of drug-likeness (QED) is 0.859. The smallest absolute Gasteiger partial charge is 0.387 e. The SMILES string of the molecule is CCC(CC)N(C)CC(O)c1cccc(C(F)(F)F)c1. The molecule has 20 heavy (non-hydrogen) atoms. The van der Waals surface area contributed by atoms with Crippen molar-refractivity contribution in [1.29, 1.82) is 0 Å². The van der Waals surface area contributed by atoms with Gasteiger partial charge < -0.3 is 10.0 Å². The van der Waals surface area contributed by atoms with Gasteiger partial charge in [0.15, 0.2) is 0 Å². The van der Waals surface area contributed by atoms with Gasteiger partial charge in [-0.3, -0.25) is 0 Å². The predicted octanol–water partition coefficient (Wildman–Crippen LogP) is 3.86. The Morgan fingerprint density at radius 1 is 1.20 bits per heavy atom. The van der Waals surface area contributed by atoms with Gasteiger partial charge in [0.2, 0.25) is 0 Å². The van der Waals surface area contributed by atoms with E-state index in [4.69, 9.17) is 0 Å². The first-order valence-electron chi connectivity index (χ1n) is 6.85. The van der Waals surface area contributed by atoms with Crippen LogP contribution in [0.4, 0.5) is 13.2 Å². The van der Waals surface area contributed by atoms with Crippen molar-refractivity contribution in [2.45, 2.75) is 45.0 Å². The average Bonchev–Trinajstić information content (AvgIpc) is 2.39. The molecular weight excluding hydrogens is 267 g/mol. The van der Waals surface area contributed by atoms with Gasteiger partial charge in [-0.2, -0.15) is 13.2 Å². The summed E-state index contributed by atoms with van der Waals surface area (Å²) in [5, 5.41) is 10.1. The maximum atomic E-state index is 12.6. The summed E-state index contributed by atoms with van der Waals surface area (Å²) in [7, 11) is 1.88. The van der Waals surface area contributed by atoms with E-state index in [2.05, 4.69) is 13.8 Å². The standard InChI is InChI=1S/C15H22F3NO/c1-4-13(5-2)19(3)10-14(20)11-7-6-8-12(9-11)15(16,17)18/h6-9,13-14,20H,4-5,10H2,1-3H3. The Labute approximate surface area is 118 Å². The maximum absolute atomic E-state index is 12.6. The minimum atomic E-state index is -4.38. The van der Waals surface area contributed by atoms with E-state index in [1.807, 2.05) is 11.9 Å². The van der Waals surface area contributed by atoms with Crippen LogP contribution >= 0.6 is 0 Å². The Bertz CT molecular complexity index is 416. The normalized spacial score (nSPS) is 14.1. The molecule has 0 radical (unpaired) electrons. The Morgan fingerprint density at radius 3 is 2.30 bits per heavy atom. The van der Waals surface area contributed by atoms with Crippen LogP contribution in [0.5, 0.6) is 0 Å². The zero-order valence-corrected chi connectivity index (χ0v) is 12.1. The molecule has 1 rings (SSSR count). The van der Waals surface area contributed by atoms with E-state index in [-0.39, 0.29) is 0 Å². The minimum absolute atomic E-state index is 0.303. The molecule has 0 bridgehead atoms. The molecule has 0 aliphatic carbocycles. The Balaban J connectivity index is 2.80. The number of hydrogen-bond donors (Lipinski definition) is 1. The first-order chi connectivity index (χ1) is 9.29. The molecule has 0 aliphatic rings. The van der Waals surface area contributed by atoms with Crippen LogP contribution < -0.4 is 0 Å². The molecule has 2 nitrogen and oxygen atoms in total. The summed E-state index contributed by atoms with van der Waals surface area (Å²) < 4.78 is 37.9. The van der Waals surface area contributed by atoms with Gasteiger partial charge in [0, 0.05) is 12.6 Å². The van der Waals surface area contributed by atoms with Gasteiger partial charge in [-0.25, -0.2) is 0 Å². The number of benzene rings is 1. The number of alkyl halides is 3. The molecule has 0 spiro atoms. The van der Waals surface area contributed by atoms with E-state index in [0.717, 1.165) is 25.0 Å². The van der Waals surface area contributed by atoms with E-state index in [1.165, 1.54) is 12.1 Å². The monoisotopic (exact) mass is 289 g/mol. The summed E-state index contributed by atoms with van der Waals surface area (Å²) in [6, 6.07) is 5.22. The van der Waals surface area contributed by atoms with Crippen molar-refractivity contribution in [2.75, 3.05) is 13.6 Å². The highest BCUT2D eigenvalue weighted by Crippen LogP contribution is 2.31. The molecule has 1 unspecified atom stereocenters. The molecule has 0 fully saturated rings. The summed E-state index contributed by atoms with van der Waals surface area (Å²) in [5.41, 5.74) is -0.420. The largest absolute Gasteiger partial charge is 0.416 e. The molecule has 0 saturated carbocycles. The summed E-state index contributed by atoms with van der Waals surface area (Å²) in [6.45, 7) is 4.44. The number of halogens is 3. The predicted molar refractivity (Wildman–Crippen MR) is 73.4 cm³/mol. The van der Waals surface area contributed by atoms with Crippen LogP contribution in [0, 0.1) is 0 Å². The second kappa shape index (κ2) is 7.09. The summed E-state index contributed by atoms with van der Waals surface area (Å²) in [5.74, 6) is 0. The molecule has 0 heterocycles. The molecule has 1 N–H and O–H groups in total. The second-order valence-electron chi connectivity index (χ2n) is 5.05. The lowest BCUT2D eigenvalue weighted by Gasteiger charge is -2.28. The molecule has 0 amide bonds. The number of aliphatic hydroxyl groups excluding tert-OH is 1. The molecule has 1 aromatic rings. The van der Waals surface area contributed by atoms with Gasteiger partial charge in [0.25, 0.3) is 0 Å². The van der Waals surface area contributed by atoms with Crippen molar-refractivity contribution in [3.63, 3.8) is 0 Å². The number of likely N-dealkylation sites (N-methyl/N-ethyl adjacent to an activating group) is 1. The fourth-order valence-corrected chi connectivity index (χ4v) is 2.36. The highest BCUT2D eigenvalue weighted by molar-refractivity contribution is 5.27. The fraction of sp³-hybridized carbons (Fsp3) is 0.600. The molecular formula is C15H22F3NO. The first-order valence-corrected chi connectivity index (χ1v) is 6.85. The van der Waals surface area contributed by atoms with Crippen LogP contribution in [-0.4, -0.2) is 29.6 Å². The van der Waals surface area contributed by atoms with E-state index in [1.54, 1.807) is 0 Å². The maximum Gasteiger partial charge on any atom is 0.416 e. The second-order valence-corrected chi connectivity index (χ2v) is 5.05. The minimum Gasteiger partial charge on any atom is -0.387 e. The molecule has 114 valence electrons. The third-order valence-corrected chi connectivity index (χ3v) is 3.63. The van der Waals surface area contributed by atoms with Gasteiger partial charge >= 0.3 is 6.18 Å². The molecule has 0 aliphatic heterocycles. The first kappa shape index (κ1) is 17.0. The average molecular weight is 289 g/mol. The van der Waals surface area contributed by atoms with Crippen molar-refractivity contribution in [3.8, 4) is 0 Å². The number of hydrogen-bond acceptors (Lipinski definition) is 2. The fourth-order valence-electron chi connectivity index (χ4n) is 2.36. The van der Waals surface area contributed by atoms with Crippen LogP contribution in [0.15, 0.2) is 24.3 Å². The zero-order valence-electron chi connectivity index (χ0n) is 12.1. The molecule has 0 saturated heterocycles. The molecule has 5 heteroatoms. The zero-order chi connectivity index (χ0) is 15.3. The molecule has 1 atom stereocenters. The van der Waals surface area contributed by atoms with Gasteiger partial charge in [-0.05, 0) is 37.6 Å².